The number of amides is 1. The van der Waals surface area contributed by atoms with Crippen molar-refractivity contribution in [2.75, 3.05) is 6.61 Å². The lowest BCUT2D eigenvalue weighted by atomic mass is 9.86. The largest absolute Gasteiger partial charge is 0.477 e. The summed E-state index contributed by atoms with van der Waals surface area (Å²) < 4.78 is 38.4. The fourth-order valence-electron chi connectivity index (χ4n) is 3.29. The average molecular weight is 454 g/mol. The third-order valence-electron chi connectivity index (χ3n) is 5.06. The first-order chi connectivity index (χ1) is 14.5. The van der Waals surface area contributed by atoms with E-state index in [0.29, 0.717) is 6.42 Å². The summed E-state index contributed by atoms with van der Waals surface area (Å²) in [5.41, 5.74) is 5.57. The van der Waals surface area contributed by atoms with Gasteiger partial charge in [-0.2, -0.15) is 4.39 Å². The van der Waals surface area contributed by atoms with E-state index < -0.39 is 66.9 Å². The fourth-order valence-corrected chi connectivity index (χ4v) is 3.29. The second kappa shape index (κ2) is 12.2. The van der Waals surface area contributed by atoms with E-state index in [1.54, 1.807) is 0 Å². The first-order valence-electron chi connectivity index (χ1n) is 10.2. The Kier molecular flexibility index (Phi) is 10.7. The maximum atomic E-state index is 14.6. The summed E-state index contributed by atoms with van der Waals surface area (Å²) in [6.07, 6.45) is -4.11. The SMILES string of the molecule is CCCCCCCC(=O)OC[C@@H](O)[C@@H](O)C1O[C@@](F)(C(=O)O)C(F)C(N)[C@H]1NC(C)=O. The molecule has 1 fully saturated rings. The molecule has 31 heavy (non-hydrogen) atoms. The molecule has 0 aromatic carbocycles. The van der Waals surface area contributed by atoms with E-state index in [4.69, 9.17) is 15.6 Å². The van der Waals surface area contributed by atoms with Gasteiger partial charge in [0.25, 0.3) is 0 Å². The Morgan fingerprint density at radius 2 is 1.84 bits per heavy atom. The molecule has 1 heterocycles. The van der Waals surface area contributed by atoms with Gasteiger partial charge < -0.3 is 35.8 Å². The number of carbonyl (C=O) groups is 3. The Labute approximate surface area is 179 Å². The van der Waals surface area contributed by atoms with Crippen molar-refractivity contribution < 1.29 is 48.0 Å². The van der Waals surface area contributed by atoms with Crippen LogP contribution in [-0.4, -0.2) is 82.2 Å². The number of aliphatic carboxylic acids is 1. The standard InChI is InChI=1S/C19H32F2N2O8/c1-3-4-5-6-7-8-12(26)30-9-11(25)15(27)16-14(23-10(2)24)13(22)17(20)19(21,31-16)18(28)29/h11,13-17,25,27H,3-9,22H2,1-2H3,(H,23,24)(H,28,29)/t11-,13?,14-,15-,16?,17?,19-/m1/s1. The van der Waals surface area contributed by atoms with Gasteiger partial charge in [-0.3, -0.25) is 9.59 Å². The van der Waals surface area contributed by atoms with Crippen LogP contribution in [0.1, 0.15) is 52.4 Å². The second-order valence-corrected chi connectivity index (χ2v) is 7.64. The van der Waals surface area contributed by atoms with Crippen molar-refractivity contribution in [3.8, 4) is 0 Å². The van der Waals surface area contributed by atoms with Crippen LogP contribution in [0.3, 0.4) is 0 Å². The molecule has 0 saturated carbocycles. The Morgan fingerprint density at radius 3 is 2.39 bits per heavy atom. The minimum absolute atomic E-state index is 0.0992. The van der Waals surface area contributed by atoms with Crippen LogP contribution in [0.25, 0.3) is 0 Å². The van der Waals surface area contributed by atoms with Gasteiger partial charge in [-0.15, -0.1) is 0 Å². The Balaban J connectivity index is 2.78. The minimum atomic E-state index is -3.91. The van der Waals surface area contributed by atoms with Crippen molar-refractivity contribution in [2.45, 2.75) is 94.8 Å². The molecule has 1 rings (SSSR count). The van der Waals surface area contributed by atoms with E-state index in [-0.39, 0.29) is 6.42 Å². The van der Waals surface area contributed by atoms with Gasteiger partial charge in [-0.1, -0.05) is 32.6 Å². The van der Waals surface area contributed by atoms with E-state index in [0.717, 1.165) is 32.6 Å². The number of nitrogens with two attached hydrogens (primary N) is 1. The Hall–Kier alpha value is -1.89. The first-order valence-corrected chi connectivity index (χ1v) is 10.2. The number of unbranched alkanes of at least 4 members (excludes halogenated alkanes) is 4. The minimum Gasteiger partial charge on any atom is -0.477 e. The van der Waals surface area contributed by atoms with Gasteiger partial charge in [0.05, 0.1) is 12.1 Å². The highest BCUT2D eigenvalue weighted by Gasteiger charge is 2.62. The van der Waals surface area contributed by atoms with Crippen molar-refractivity contribution in [1.82, 2.24) is 5.32 Å². The number of carboxylic acid groups (broad SMARTS) is 1. The predicted molar refractivity (Wildman–Crippen MR) is 103 cm³/mol. The number of aliphatic hydroxyl groups is 2. The van der Waals surface area contributed by atoms with E-state index in [1.807, 2.05) is 0 Å². The number of carboxylic acids is 1. The van der Waals surface area contributed by atoms with E-state index in [1.165, 1.54) is 0 Å². The highest BCUT2D eigenvalue weighted by molar-refractivity contribution is 5.77. The molecule has 0 aromatic rings. The van der Waals surface area contributed by atoms with E-state index in [9.17, 15) is 33.4 Å². The predicted octanol–water partition coefficient (Wildman–Crippen LogP) is -0.0688. The quantitative estimate of drug-likeness (QED) is 0.200. The molecule has 6 N–H and O–H groups in total. The molecule has 1 saturated heterocycles. The molecule has 7 atom stereocenters. The Bertz CT molecular complexity index is 626. The van der Waals surface area contributed by atoms with Gasteiger partial charge in [0, 0.05) is 13.3 Å². The molecule has 0 bridgehead atoms. The van der Waals surface area contributed by atoms with Crippen molar-refractivity contribution >= 4 is 17.8 Å². The van der Waals surface area contributed by atoms with Crippen LogP contribution in [0, 0.1) is 0 Å². The lowest BCUT2D eigenvalue weighted by Crippen LogP contribution is -2.73. The number of alkyl halides is 2. The topological polar surface area (TPSA) is 168 Å². The number of esters is 1. The molecule has 0 spiro atoms. The number of hydrogen-bond acceptors (Lipinski definition) is 8. The molecule has 180 valence electrons. The third-order valence-corrected chi connectivity index (χ3v) is 5.06. The summed E-state index contributed by atoms with van der Waals surface area (Å²) in [7, 11) is 0. The fraction of sp³-hybridized carbons (Fsp3) is 0.842. The highest BCUT2D eigenvalue weighted by atomic mass is 19.2. The van der Waals surface area contributed by atoms with Crippen LogP contribution < -0.4 is 11.1 Å². The number of aliphatic hydroxyl groups excluding tert-OH is 2. The molecule has 10 nitrogen and oxygen atoms in total. The lowest BCUT2D eigenvalue weighted by Gasteiger charge is -2.45. The Morgan fingerprint density at radius 1 is 1.23 bits per heavy atom. The van der Waals surface area contributed by atoms with Crippen LogP contribution >= 0.6 is 0 Å². The molecule has 1 aliphatic heterocycles. The van der Waals surface area contributed by atoms with Gasteiger partial charge in [-0.25, -0.2) is 9.18 Å². The monoisotopic (exact) mass is 454 g/mol. The van der Waals surface area contributed by atoms with E-state index in [2.05, 4.69) is 17.0 Å². The molecule has 0 aromatic heterocycles. The van der Waals surface area contributed by atoms with E-state index >= 15 is 0 Å². The summed E-state index contributed by atoms with van der Waals surface area (Å²) in [5, 5.41) is 31.7. The number of nitrogens with one attached hydrogen (secondary N) is 1. The molecule has 3 unspecified atom stereocenters. The second-order valence-electron chi connectivity index (χ2n) is 7.64. The average Bonchev–Trinajstić information content (AvgIpc) is 2.71. The van der Waals surface area contributed by atoms with Crippen LogP contribution in [0.2, 0.25) is 0 Å². The highest BCUT2D eigenvalue weighted by Crippen LogP contribution is 2.35. The number of rotatable bonds is 12. The van der Waals surface area contributed by atoms with Crippen LogP contribution in [0.5, 0.6) is 0 Å². The van der Waals surface area contributed by atoms with Crippen molar-refractivity contribution in [3.05, 3.63) is 0 Å². The summed E-state index contributed by atoms with van der Waals surface area (Å²) in [6.45, 7) is 2.39. The van der Waals surface area contributed by atoms with Crippen LogP contribution in [0.15, 0.2) is 0 Å². The first kappa shape index (κ1) is 27.1. The molecule has 1 amide bonds. The zero-order valence-electron chi connectivity index (χ0n) is 17.6. The number of hydrogen-bond donors (Lipinski definition) is 5. The van der Waals surface area contributed by atoms with Crippen molar-refractivity contribution in [2.24, 2.45) is 5.73 Å². The van der Waals surface area contributed by atoms with Crippen LogP contribution in [-0.2, 0) is 23.9 Å². The molecule has 1 aliphatic rings. The number of halogens is 2. The zero-order valence-corrected chi connectivity index (χ0v) is 17.6. The third kappa shape index (κ3) is 7.34. The summed E-state index contributed by atoms with van der Waals surface area (Å²) >= 11 is 0. The molecule has 12 heteroatoms. The lowest BCUT2D eigenvalue weighted by molar-refractivity contribution is -0.276. The summed E-state index contributed by atoms with van der Waals surface area (Å²) in [5.74, 6) is -7.59. The van der Waals surface area contributed by atoms with Crippen LogP contribution in [0.4, 0.5) is 8.78 Å². The number of carbonyl (C=O) groups excluding carboxylic acids is 2. The molecular formula is C19H32F2N2O8. The molecule has 0 radical (unpaired) electrons. The normalized spacial score (nSPS) is 30.3. The van der Waals surface area contributed by atoms with Crippen molar-refractivity contribution in [1.29, 1.82) is 0 Å². The smallest absolute Gasteiger partial charge is 0.372 e. The van der Waals surface area contributed by atoms with Gasteiger partial charge in [-0.05, 0) is 6.42 Å². The molecular weight excluding hydrogens is 422 g/mol. The van der Waals surface area contributed by atoms with Crippen molar-refractivity contribution in [3.63, 3.8) is 0 Å². The maximum absolute atomic E-state index is 14.6. The molecule has 0 aliphatic carbocycles. The maximum Gasteiger partial charge on any atom is 0.372 e. The van der Waals surface area contributed by atoms with Gasteiger partial charge in [0.1, 0.15) is 24.9 Å². The summed E-state index contributed by atoms with van der Waals surface area (Å²) in [6, 6.07) is -3.47. The van der Waals surface area contributed by atoms with Gasteiger partial charge >= 0.3 is 17.8 Å². The van der Waals surface area contributed by atoms with Gasteiger partial charge in [0.15, 0.2) is 6.17 Å². The zero-order chi connectivity index (χ0) is 23.8. The van der Waals surface area contributed by atoms with Gasteiger partial charge in [0.2, 0.25) is 5.91 Å². The number of ether oxygens (including phenoxy) is 2. The summed E-state index contributed by atoms with van der Waals surface area (Å²) in [4.78, 5) is 34.4.